The maximum Gasteiger partial charge on any atom is 0.249 e. The summed E-state index contributed by atoms with van der Waals surface area (Å²) in [5.41, 5.74) is 4.36. The van der Waals surface area contributed by atoms with Gasteiger partial charge in [-0.25, -0.2) is 0 Å². The first-order chi connectivity index (χ1) is 13.3. The molecule has 0 amide bonds. The molecular weight excluding hydrogens is 332 g/mol. The molecule has 0 saturated carbocycles. The molecule has 1 N–H and O–H groups in total. The Labute approximate surface area is 160 Å². The standard InChI is InChI=1S/C20H14N2O.2C2H6/c23-18-13-17(14-7-3-1-4-8-14)16-11-12-21-19(20(16)22-18)15-9-5-2-6-10-15;2*1-2/h1-13H,(H,22,23);2*1-2H3. The number of nitrogens with zero attached hydrogens (tertiary/aromatic N) is 1. The van der Waals surface area contributed by atoms with Gasteiger partial charge in [-0.05, 0) is 17.2 Å². The summed E-state index contributed by atoms with van der Waals surface area (Å²) in [6.07, 6.45) is 1.79. The zero-order valence-electron chi connectivity index (χ0n) is 16.4. The summed E-state index contributed by atoms with van der Waals surface area (Å²) in [5.74, 6) is 0. The molecule has 0 atom stereocenters. The van der Waals surface area contributed by atoms with Gasteiger partial charge in [0.05, 0.1) is 11.2 Å². The number of aromatic nitrogens is 2. The van der Waals surface area contributed by atoms with Gasteiger partial charge < -0.3 is 4.98 Å². The summed E-state index contributed by atoms with van der Waals surface area (Å²) in [6, 6.07) is 23.4. The largest absolute Gasteiger partial charge is 0.320 e. The quantitative estimate of drug-likeness (QED) is 0.456. The fourth-order valence-corrected chi connectivity index (χ4v) is 2.85. The molecular formula is C24H26N2O. The Balaban J connectivity index is 0.000000614. The van der Waals surface area contributed by atoms with Gasteiger partial charge in [-0.15, -0.1) is 0 Å². The second-order valence-electron chi connectivity index (χ2n) is 5.36. The second kappa shape index (κ2) is 10.1. The molecule has 138 valence electrons. The summed E-state index contributed by atoms with van der Waals surface area (Å²) in [5, 5.41) is 0.990. The summed E-state index contributed by atoms with van der Waals surface area (Å²) in [6.45, 7) is 8.00. The molecule has 2 aromatic carbocycles. The van der Waals surface area contributed by atoms with E-state index in [4.69, 9.17) is 0 Å². The Morgan fingerprint density at radius 2 is 1.30 bits per heavy atom. The molecule has 2 heterocycles. The lowest BCUT2D eigenvalue weighted by Gasteiger charge is -2.10. The van der Waals surface area contributed by atoms with Crippen molar-refractivity contribution < 1.29 is 0 Å². The smallest absolute Gasteiger partial charge is 0.249 e. The van der Waals surface area contributed by atoms with E-state index >= 15 is 0 Å². The van der Waals surface area contributed by atoms with Gasteiger partial charge in [0, 0.05) is 23.2 Å². The molecule has 27 heavy (non-hydrogen) atoms. The van der Waals surface area contributed by atoms with Crippen molar-refractivity contribution in [1.29, 1.82) is 0 Å². The molecule has 0 saturated heterocycles. The highest BCUT2D eigenvalue weighted by Gasteiger charge is 2.11. The molecule has 0 aliphatic heterocycles. The van der Waals surface area contributed by atoms with Crippen LogP contribution in [0.4, 0.5) is 0 Å². The summed E-state index contributed by atoms with van der Waals surface area (Å²) >= 11 is 0. The van der Waals surface area contributed by atoms with Crippen LogP contribution >= 0.6 is 0 Å². The maximum atomic E-state index is 12.2. The van der Waals surface area contributed by atoms with Crippen LogP contribution in [-0.4, -0.2) is 9.97 Å². The fourth-order valence-electron chi connectivity index (χ4n) is 2.85. The number of aromatic amines is 1. The van der Waals surface area contributed by atoms with Crippen molar-refractivity contribution in [2.75, 3.05) is 0 Å². The molecule has 0 aliphatic carbocycles. The highest BCUT2D eigenvalue weighted by Crippen LogP contribution is 2.30. The van der Waals surface area contributed by atoms with E-state index in [0.29, 0.717) is 0 Å². The second-order valence-corrected chi connectivity index (χ2v) is 5.36. The van der Waals surface area contributed by atoms with Crippen molar-refractivity contribution in [1.82, 2.24) is 9.97 Å². The maximum absolute atomic E-state index is 12.2. The Hall–Kier alpha value is -3.20. The first kappa shape index (κ1) is 20.1. The van der Waals surface area contributed by atoms with Crippen molar-refractivity contribution >= 4 is 10.9 Å². The Bertz CT molecular complexity index is 1020. The van der Waals surface area contributed by atoms with Crippen LogP contribution in [0.15, 0.2) is 83.8 Å². The molecule has 0 spiro atoms. The van der Waals surface area contributed by atoms with E-state index in [0.717, 1.165) is 33.3 Å². The number of benzene rings is 2. The molecule has 4 aromatic rings. The predicted octanol–water partition coefficient (Wildman–Crippen LogP) is 6.31. The number of H-pyrrole nitrogens is 1. The van der Waals surface area contributed by atoms with Crippen LogP contribution in [0.5, 0.6) is 0 Å². The minimum atomic E-state index is -0.124. The van der Waals surface area contributed by atoms with E-state index < -0.39 is 0 Å². The lowest BCUT2D eigenvalue weighted by molar-refractivity contribution is 1.26. The molecule has 4 rings (SSSR count). The molecule has 2 aromatic heterocycles. The number of hydrogen-bond donors (Lipinski definition) is 1. The third-order valence-electron chi connectivity index (χ3n) is 3.90. The van der Waals surface area contributed by atoms with Crippen LogP contribution in [-0.2, 0) is 0 Å². The fraction of sp³-hybridized carbons (Fsp3) is 0.167. The SMILES string of the molecule is CC.CC.O=c1cc(-c2ccccc2)c2ccnc(-c3ccccc3)c2[nH]1. The van der Waals surface area contributed by atoms with Crippen molar-refractivity contribution in [2.45, 2.75) is 27.7 Å². The number of pyridine rings is 2. The number of hydrogen-bond acceptors (Lipinski definition) is 2. The van der Waals surface area contributed by atoms with E-state index in [1.54, 1.807) is 12.3 Å². The molecule has 0 unspecified atom stereocenters. The third kappa shape index (κ3) is 4.50. The van der Waals surface area contributed by atoms with E-state index in [2.05, 4.69) is 9.97 Å². The first-order valence-electron chi connectivity index (χ1n) is 9.46. The molecule has 0 radical (unpaired) electrons. The Morgan fingerprint density at radius 3 is 1.89 bits per heavy atom. The van der Waals surface area contributed by atoms with Gasteiger partial charge >= 0.3 is 0 Å². The van der Waals surface area contributed by atoms with Gasteiger partial charge in [0.25, 0.3) is 0 Å². The molecule has 3 nitrogen and oxygen atoms in total. The van der Waals surface area contributed by atoms with Crippen LogP contribution < -0.4 is 5.56 Å². The molecule has 0 aliphatic rings. The van der Waals surface area contributed by atoms with E-state index in [1.807, 2.05) is 94.4 Å². The van der Waals surface area contributed by atoms with Crippen LogP contribution in [0.1, 0.15) is 27.7 Å². The summed E-state index contributed by atoms with van der Waals surface area (Å²) in [4.78, 5) is 19.6. The average molecular weight is 358 g/mol. The lowest BCUT2D eigenvalue weighted by Crippen LogP contribution is -2.06. The highest BCUT2D eigenvalue weighted by molar-refractivity contribution is 6.00. The van der Waals surface area contributed by atoms with E-state index in [-0.39, 0.29) is 5.56 Å². The van der Waals surface area contributed by atoms with Crippen molar-refractivity contribution in [3.05, 3.63) is 89.3 Å². The van der Waals surface area contributed by atoms with Crippen LogP contribution in [0.25, 0.3) is 33.3 Å². The lowest BCUT2D eigenvalue weighted by atomic mass is 10.00. The Morgan fingerprint density at radius 1 is 0.741 bits per heavy atom. The monoisotopic (exact) mass is 358 g/mol. The van der Waals surface area contributed by atoms with Gasteiger partial charge in [-0.2, -0.15) is 0 Å². The number of nitrogens with one attached hydrogen (secondary N) is 1. The van der Waals surface area contributed by atoms with Gasteiger partial charge in [-0.1, -0.05) is 88.4 Å². The number of fused-ring (bicyclic) bond motifs is 1. The zero-order chi connectivity index (χ0) is 19.6. The van der Waals surface area contributed by atoms with E-state index in [9.17, 15) is 4.79 Å². The van der Waals surface area contributed by atoms with Crippen molar-refractivity contribution in [3.63, 3.8) is 0 Å². The van der Waals surface area contributed by atoms with Crippen LogP contribution in [0, 0.1) is 0 Å². The van der Waals surface area contributed by atoms with Gasteiger partial charge in [0.15, 0.2) is 0 Å². The normalized spacial score (nSPS) is 9.63. The van der Waals surface area contributed by atoms with Gasteiger partial charge in [-0.3, -0.25) is 9.78 Å². The zero-order valence-corrected chi connectivity index (χ0v) is 16.4. The van der Waals surface area contributed by atoms with E-state index in [1.165, 1.54) is 0 Å². The molecule has 0 fully saturated rings. The highest BCUT2D eigenvalue weighted by atomic mass is 16.1. The minimum absolute atomic E-state index is 0.124. The average Bonchev–Trinajstić information content (AvgIpc) is 2.77. The summed E-state index contributed by atoms with van der Waals surface area (Å²) < 4.78 is 0. The summed E-state index contributed by atoms with van der Waals surface area (Å²) in [7, 11) is 0. The van der Waals surface area contributed by atoms with Crippen LogP contribution in [0.3, 0.4) is 0 Å². The molecule has 3 heteroatoms. The van der Waals surface area contributed by atoms with Gasteiger partial charge in [0.1, 0.15) is 0 Å². The Kier molecular flexibility index (Phi) is 7.50. The van der Waals surface area contributed by atoms with Gasteiger partial charge in [0.2, 0.25) is 5.56 Å². The van der Waals surface area contributed by atoms with Crippen LogP contribution in [0.2, 0.25) is 0 Å². The molecule has 0 bridgehead atoms. The third-order valence-corrected chi connectivity index (χ3v) is 3.90. The first-order valence-corrected chi connectivity index (χ1v) is 9.46. The predicted molar refractivity (Wildman–Crippen MR) is 116 cm³/mol. The topological polar surface area (TPSA) is 45.8 Å². The van der Waals surface area contributed by atoms with Crippen molar-refractivity contribution in [3.8, 4) is 22.4 Å². The number of rotatable bonds is 2. The van der Waals surface area contributed by atoms with Crippen molar-refractivity contribution in [2.24, 2.45) is 0 Å². The minimum Gasteiger partial charge on any atom is -0.320 e.